The minimum Gasteiger partial charge on any atom is -0.508 e. The zero-order valence-electron chi connectivity index (χ0n) is 14.7. The second-order valence-corrected chi connectivity index (χ2v) is 6.43. The molecule has 5 heteroatoms. The molecule has 0 radical (unpaired) electrons. The number of aromatic nitrogens is 3. The number of nitrogens with zero attached hydrogens (tertiary/aromatic N) is 2. The standard InChI is InChI=1S/C21H20N4O/c1-13(16-4-3-5-18(26)10-16)23-21-12-20(24-14(2)25-21)17-7-6-15-8-9-22-19(15)11-17/h3-13,22,26H,1-2H3,(H,23,24,25)/t13-/m0/s1. The largest absolute Gasteiger partial charge is 0.508 e. The average Bonchev–Trinajstić information content (AvgIpc) is 3.09. The topological polar surface area (TPSA) is 73.8 Å². The summed E-state index contributed by atoms with van der Waals surface area (Å²) in [5.74, 6) is 1.73. The molecule has 2 aromatic carbocycles. The van der Waals surface area contributed by atoms with Crippen LogP contribution in [0.5, 0.6) is 5.75 Å². The summed E-state index contributed by atoms with van der Waals surface area (Å²) in [6, 6.07) is 17.5. The fraction of sp³-hybridized carbons (Fsp3) is 0.143. The van der Waals surface area contributed by atoms with Crippen molar-refractivity contribution in [3.8, 4) is 17.0 Å². The van der Waals surface area contributed by atoms with E-state index in [1.807, 2.05) is 44.3 Å². The predicted octanol–water partition coefficient (Wildman–Crippen LogP) is 4.81. The van der Waals surface area contributed by atoms with Crippen LogP contribution in [-0.4, -0.2) is 20.1 Å². The first-order valence-corrected chi connectivity index (χ1v) is 8.57. The third-order valence-electron chi connectivity index (χ3n) is 4.42. The first-order chi connectivity index (χ1) is 12.6. The van der Waals surface area contributed by atoms with E-state index in [0.29, 0.717) is 5.82 Å². The molecule has 130 valence electrons. The number of anilines is 1. The Hall–Kier alpha value is -3.34. The first-order valence-electron chi connectivity index (χ1n) is 8.57. The van der Waals surface area contributed by atoms with E-state index in [1.54, 1.807) is 12.1 Å². The lowest BCUT2D eigenvalue weighted by Crippen LogP contribution is -2.09. The average molecular weight is 344 g/mol. The number of aromatic amines is 1. The molecule has 4 rings (SSSR count). The highest BCUT2D eigenvalue weighted by atomic mass is 16.3. The summed E-state index contributed by atoms with van der Waals surface area (Å²) in [5, 5.41) is 14.3. The van der Waals surface area contributed by atoms with Gasteiger partial charge in [0.25, 0.3) is 0 Å². The molecular formula is C21H20N4O. The molecule has 0 fully saturated rings. The maximum Gasteiger partial charge on any atom is 0.130 e. The van der Waals surface area contributed by atoms with Crippen LogP contribution in [0.1, 0.15) is 24.4 Å². The molecule has 0 aliphatic rings. The Morgan fingerprint density at radius 3 is 2.77 bits per heavy atom. The summed E-state index contributed by atoms with van der Waals surface area (Å²) in [7, 11) is 0. The zero-order valence-corrected chi connectivity index (χ0v) is 14.7. The molecule has 3 N–H and O–H groups in total. The summed E-state index contributed by atoms with van der Waals surface area (Å²) in [6.07, 6.45) is 1.93. The van der Waals surface area contributed by atoms with Gasteiger partial charge in [-0.1, -0.05) is 24.3 Å². The van der Waals surface area contributed by atoms with Crippen LogP contribution in [0.3, 0.4) is 0 Å². The van der Waals surface area contributed by atoms with Crippen molar-refractivity contribution in [2.24, 2.45) is 0 Å². The van der Waals surface area contributed by atoms with E-state index in [1.165, 1.54) is 5.39 Å². The number of hydrogen-bond donors (Lipinski definition) is 3. The highest BCUT2D eigenvalue weighted by molar-refractivity contribution is 5.84. The molecule has 1 atom stereocenters. The summed E-state index contributed by atoms with van der Waals surface area (Å²) < 4.78 is 0. The Labute approximate surface area is 151 Å². The number of phenols is 1. The molecule has 0 amide bonds. The molecule has 0 saturated carbocycles. The Morgan fingerprint density at radius 1 is 1.04 bits per heavy atom. The summed E-state index contributed by atoms with van der Waals surface area (Å²) in [5.41, 5.74) is 4.00. The van der Waals surface area contributed by atoms with Crippen LogP contribution in [0.25, 0.3) is 22.2 Å². The fourth-order valence-electron chi connectivity index (χ4n) is 3.10. The zero-order chi connectivity index (χ0) is 18.1. The molecule has 0 bridgehead atoms. The Kier molecular flexibility index (Phi) is 4.05. The minimum absolute atomic E-state index is 0.00939. The van der Waals surface area contributed by atoms with Gasteiger partial charge in [0.1, 0.15) is 17.4 Å². The van der Waals surface area contributed by atoms with E-state index in [-0.39, 0.29) is 11.8 Å². The number of phenolic OH excluding ortho intramolecular Hbond substituents is 1. The minimum atomic E-state index is 0.00939. The Bertz CT molecular complexity index is 1070. The third-order valence-corrected chi connectivity index (χ3v) is 4.42. The maximum atomic E-state index is 9.68. The lowest BCUT2D eigenvalue weighted by atomic mass is 10.1. The van der Waals surface area contributed by atoms with Crippen molar-refractivity contribution in [2.75, 3.05) is 5.32 Å². The summed E-state index contributed by atoms with van der Waals surface area (Å²) >= 11 is 0. The summed E-state index contributed by atoms with van der Waals surface area (Å²) in [6.45, 7) is 3.93. The van der Waals surface area contributed by atoms with Gasteiger partial charge < -0.3 is 15.4 Å². The van der Waals surface area contributed by atoms with E-state index in [2.05, 4.69) is 38.5 Å². The molecule has 0 unspecified atom stereocenters. The number of nitrogens with one attached hydrogen (secondary N) is 2. The normalized spacial score (nSPS) is 12.2. The fourth-order valence-corrected chi connectivity index (χ4v) is 3.10. The van der Waals surface area contributed by atoms with Crippen molar-refractivity contribution < 1.29 is 5.11 Å². The molecule has 0 saturated heterocycles. The maximum absolute atomic E-state index is 9.68. The number of benzene rings is 2. The van der Waals surface area contributed by atoms with Crippen LogP contribution in [-0.2, 0) is 0 Å². The molecule has 2 heterocycles. The smallest absolute Gasteiger partial charge is 0.130 e. The van der Waals surface area contributed by atoms with Gasteiger partial charge in [0.15, 0.2) is 0 Å². The number of H-pyrrole nitrogens is 1. The molecule has 2 aromatic heterocycles. The molecule has 26 heavy (non-hydrogen) atoms. The molecule has 5 nitrogen and oxygen atoms in total. The first kappa shape index (κ1) is 16.1. The van der Waals surface area contributed by atoms with Crippen LogP contribution < -0.4 is 5.32 Å². The van der Waals surface area contributed by atoms with Crippen LogP contribution in [0, 0.1) is 6.92 Å². The van der Waals surface area contributed by atoms with Gasteiger partial charge in [0.2, 0.25) is 0 Å². The van der Waals surface area contributed by atoms with Gasteiger partial charge in [0, 0.05) is 23.3 Å². The van der Waals surface area contributed by atoms with Crippen molar-refractivity contribution in [1.29, 1.82) is 0 Å². The quantitative estimate of drug-likeness (QED) is 0.496. The van der Waals surface area contributed by atoms with Gasteiger partial charge in [-0.15, -0.1) is 0 Å². The van der Waals surface area contributed by atoms with Gasteiger partial charge in [-0.05, 0) is 49.1 Å². The number of rotatable bonds is 4. The van der Waals surface area contributed by atoms with E-state index in [0.717, 1.165) is 28.2 Å². The molecule has 0 aliphatic carbocycles. The third kappa shape index (κ3) is 3.24. The van der Waals surface area contributed by atoms with Crippen molar-refractivity contribution >= 4 is 16.7 Å². The second-order valence-electron chi connectivity index (χ2n) is 6.43. The Morgan fingerprint density at radius 2 is 1.92 bits per heavy atom. The SMILES string of the molecule is Cc1nc(N[C@@H](C)c2cccc(O)c2)cc(-c2ccc3cc[nH]c3c2)n1. The molecule has 4 aromatic rings. The number of fused-ring (bicyclic) bond motifs is 1. The van der Waals surface area contributed by atoms with Gasteiger partial charge >= 0.3 is 0 Å². The van der Waals surface area contributed by atoms with Crippen molar-refractivity contribution in [1.82, 2.24) is 15.0 Å². The summed E-state index contributed by atoms with van der Waals surface area (Å²) in [4.78, 5) is 12.3. The van der Waals surface area contributed by atoms with Gasteiger partial charge in [-0.3, -0.25) is 0 Å². The molecule has 0 spiro atoms. The lowest BCUT2D eigenvalue weighted by molar-refractivity contribution is 0.474. The van der Waals surface area contributed by atoms with Gasteiger partial charge in [0.05, 0.1) is 11.7 Å². The molecule has 0 aliphatic heterocycles. The molecular weight excluding hydrogens is 324 g/mol. The number of aryl methyl sites for hydroxylation is 1. The van der Waals surface area contributed by atoms with Crippen LogP contribution in [0.15, 0.2) is 60.8 Å². The van der Waals surface area contributed by atoms with Gasteiger partial charge in [-0.2, -0.15) is 0 Å². The highest BCUT2D eigenvalue weighted by Gasteiger charge is 2.10. The van der Waals surface area contributed by atoms with Gasteiger partial charge in [-0.25, -0.2) is 9.97 Å². The number of hydrogen-bond acceptors (Lipinski definition) is 4. The van der Waals surface area contributed by atoms with Crippen LogP contribution >= 0.6 is 0 Å². The van der Waals surface area contributed by atoms with Crippen molar-refractivity contribution in [3.63, 3.8) is 0 Å². The Balaban J connectivity index is 1.65. The lowest BCUT2D eigenvalue weighted by Gasteiger charge is -2.16. The van der Waals surface area contributed by atoms with Crippen molar-refractivity contribution in [2.45, 2.75) is 19.9 Å². The van der Waals surface area contributed by atoms with E-state index >= 15 is 0 Å². The number of aromatic hydroxyl groups is 1. The van der Waals surface area contributed by atoms with Crippen molar-refractivity contribution in [3.05, 3.63) is 72.2 Å². The predicted molar refractivity (Wildman–Crippen MR) is 104 cm³/mol. The highest BCUT2D eigenvalue weighted by Crippen LogP contribution is 2.26. The van der Waals surface area contributed by atoms with E-state index < -0.39 is 0 Å². The van der Waals surface area contributed by atoms with E-state index in [4.69, 9.17) is 0 Å². The second kappa shape index (κ2) is 6.52. The van der Waals surface area contributed by atoms with E-state index in [9.17, 15) is 5.11 Å². The van der Waals surface area contributed by atoms with Crippen LogP contribution in [0.4, 0.5) is 5.82 Å². The monoisotopic (exact) mass is 344 g/mol. The van der Waals surface area contributed by atoms with Crippen LogP contribution in [0.2, 0.25) is 0 Å².